The summed E-state index contributed by atoms with van der Waals surface area (Å²) < 4.78 is 11.6. The van der Waals surface area contributed by atoms with E-state index in [-0.39, 0.29) is 12.5 Å². The number of halogens is 2. The van der Waals surface area contributed by atoms with Crippen molar-refractivity contribution in [3.63, 3.8) is 0 Å². The van der Waals surface area contributed by atoms with Crippen LogP contribution < -0.4 is 9.47 Å². The van der Waals surface area contributed by atoms with E-state index < -0.39 is 0 Å². The van der Waals surface area contributed by atoms with Crippen LogP contribution in [0.25, 0.3) is 22.2 Å². The van der Waals surface area contributed by atoms with Crippen molar-refractivity contribution >= 4 is 34.2 Å². The number of para-hydroxylation sites is 1. The second-order valence-corrected chi connectivity index (χ2v) is 9.34. The predicted molar refractivity (Wildman–Crippen MR) is 136 cm³/mol. The van der Waals surface area contributed by atoms with Gasteiger partial charge in [0.1, 0.15) is 17.3 Å². The Labute approximate surface area is 208 Å². The topological polar surface area (TPSA) is 67.4 Å². The molecule has 7 heteroatoms. The van der Waals surface area contributed by atoms with Gasteiger partial charge in [-0.25, -0.2) is 4.98 Å². The summed E-state index contributed by atoms with van der Waals surface area (Å²) in [6.45, 7) is 3.13. The molecule has 1 aliphatic carbocycles. The summed E-state index contributed by atoms with van der Waals surface area (Å²) in [5, 5.41) is 11.1. The fraction of sp³-hybridized carbons (Fsp3) is 0.296. The van der Waals surface area contributed by atoms with E-state index in [4.69, 9.17) is 37.7 Å². The summed E-state index contributed by atoms with van der Waals surface area (Å²) in [6, 6.07) is 17.3. The minimum atomic E-state index is -0.334. The molecular weight excluding hydrogens is 471 g/mol. The fourth-order valence-corrected chi connectivity index (χ4v) is 4.81. The minimum Gasteiger partial charge on any atom is -0.493 e. The Morgan fingerprint density at radius 3 is 2.56 bits per heavy atom. The lowest BCUT2D eigenvalue weighted by Gasteiger charge is -2.13. The van der Waals surface area contributed by atoms with Crippen molar-refractivity contribution in [2.45, 2.75) is 25.7 Å². The predicted octanol–water partition coefficient (Wildman–Crippen LogP) is 6.85. The number of rotatable bonds is 9. The number of aliphatic hydroxyl groups is 1. The van der Waals surface area contributed by atoms with Crippen molar-refractivity contribution < 1.29 is 14.6 Å². The lowest BCUT2D eigenvalue weighted by atomic mass is 9.99. The van der Waals surface area contributed by atoms with Gasteiger partial charge in [-0.2, -0.15) is 0 Å². The molecule has 2 N–H and O–H groups in total. The van der Waals surface area contributed by atoms with Gasteiger partial charge in [0.2, 0.25) is 0 Å². The lowest BCUT2D eigenvalue weighted by molar-refractivity contribution is 0.277. The Morgan fingerprint density at radius 2 is 1.85 bits per heavy atom. The summed E-state index contributed by atoms with van der Waals surface area (Å²) in [5.41, 5.74) is 3.76. The maximum atomic E-state index is 10.2. The molecule has 1 aliphatic rings. The van der Waals surface area contributed by atoms with Crippen LogP contribution in [0, 0.1) is 5.92 Å². The van der Waals surface area contributed by atoms with Crippen molar-refractivity contribution in [2.75, 3.05) is 19.8 Å². The Kier molecular flexibility index (Phi) is 6.68. The van der Waals surface area contributed by atoms with E-state index in [0.29, 0.717) is 50.7 Å². The molecule has 0 saturated heterocycles. The molecule has 0 aliphatic heterocycles. The molecular formula is C27H26Cl2N2O3. The highest BCUT2D eigenvalue weighted by Crippen LogP contribution is 2.43. The van der Waals surface area contributed by atoms with Crippen molar-refractivity contribution in [2.24, 2.45) is 5.92 Å². The molecule has 34 heavy (non-hydrogen) atoms. The number of aliphatic hydroxyl groups excluding tert-OH is 1. The number of aromatic nitrogens is 2. The van der Waals surface area contributed by atoms with Crippen LogP contribution in [0.4, 0.5) is 0 Å². The summed E-state index contributed by atoms with van der Waals surface area (Å²) in [7, 11) is 0. The number of nitrogens with zero attached hydrogens (tertiary/aromatic N) is 1. The molecule has 0 amide bonds. The second-order valence-electron chi connectivity index (χ2n) is 8.55. The number of nitrogens with one attached hydrogen (secondary N) is 1. The van der Waals surface area contributed by atoms with Crippen LogP contribution in [0.1, 0.15) is 37.1 Å². The van der Waals surface area contributed by atoms with Crippen LogP contribution in [0.5, 0.6) is 11.5 Å². The van der Waals surface area contributed by atoms with Crippen LogP contribution in [-0.2, 0) is 0 Å². The summed E-state index contributed by atoms with van der Waals surface area (Å²) in [4.78, 5) is 8.05. The maximum Gasteiger partial charge on any atom is 0.127 e. The van der Waals surface area contributed by atoms with Crippen LogP contribution in [0.15, 0.2) is 54.6 Å². The summed E-state index contributed by atoms with van der Waals surface area (Å²) in [5.74, 6) is 2.54. The Hall–Kier alpha value is -2.73. The first-order chi connectivity index (χ1) is 16.6. The fourth-order valence-electron chi connectivity index (χ4n) is 4.11. The SMILES string of the molecule is CCOc1ccccc1-c1c(Cl)cc2nc(C(CO)c3ccc(OCC4CC4)cc3)[nH]c2c1Cl. The highest BCUT2D eigenvalue weighted by molar-refractivity contribution is 6.42. The smallest absolute Gasteiger partial charge is 0.127 e. The number of benzene rings is 3. The third kappa shape index (κ3) is 4.61. The molecule has 0 radical (unpaired) electrons. The van der Waals surface area contributed by atoms with Gasteiger partial charge in [-0.05, 0) is 55.5 Å². The van der Waals surface area contributed by atoms with E-state index in [2.05, 4.69) is 4.98 Å². The van der Waals surface area contributed by atoms with Gasteiger partial charge in [0.25, 0.3) is 0 Å². The molecule has 1 aromatic heterocycles. The first-order valence-electron chi connectivity index (χ1n) is 11.5. The van der Waals surface area contributed by atoms with Gasteiger partial charge in [0, 0.05) is 11.1 Å². The first-order valence-corrected chi connectivity index (χ1v) is 12.3. The molecule has 1 fully saturated rings. The van der Waals surface area contributed by atoms with E-state index >= 15 is 0 Å². The third-order valence-electron chi connectivity index (χ3n) is 6.13. The zero-order valence-electron chi connectivity index (χ0n) is 18.9. The van der Waals surface area contributed by atoms with Crippen molar-refractivity contribution in [1.29, 1.82) is 0 Å². The second kappa shape index (κ2) is 9.87. The number of fused-ring (bicyclic) bond motifs is 1. The number of H-pyrrole nitrogens is 1. The molecule has 5 nitrogen and oxygen atoms in total. The lowest BCUT2D eigenvalue weighted by Crippen LogP contribution is -2.08. The normalized spacial score (nSPS) is 14.4. The van der Waals surface area contributed by atoms with Gasteiger partial charge >= 0.3 is 0 Å². The van der Waals surface area contributed by atoms with Crippen LogP contribution in [0.2, 0.25) is 10.0 Å². The Balaban J connectivity index is 1.49. The third-order valence-corrected chi connectivity index (χ3v) is 6.80. The van der Waals surface area contributed by atoms with Gasteiger partial charge in [-0.15, -0.1) is 0 Å². The van der Waals surface area contributed by atoms with Gasteiger partial charge in [-0.3, -0.25) is 0 Å². The molecule has 3 aromatic carbocycles. The van der Waals surface area contributed by atoms with Crippen molar-refractivity contribution in [1.82, 2.24) is 9.97 Å². The van der Waals surface area contributed by atoms with Crippen LogP contribution in [0.3, 0.4) is 0 Å². The number of imidazole rings is 1. The molecule has 1 saturated carbocycles. The molecule has 1 heterocycles. The van der Waals surface area contributed by atoms with Gasteiger partial charge in [0.15, 0.2) is 0 Å². The molecule has 4 aromatic rings. The standard InChI is InChI=1S/C27H26Cl2N2O3/c1-2-33-23-6-4-3-5-19(23)24-21(28)13-22-26(25(24)29)31-27(30-22)20(14-32)17-9-11-18(12-10-17)34-15-16-7-8-16/h3-6,9-13,16,20,32H,2,7-8,14-15H2,1H3,(H,30,31). The zero-order valence-corrected chi connectivity index (χ0v) is 20.4. The van der Waals surface area contributed by atoms with E-state index in [9.17, 15) is 5.11 Å². The van der Waals surface area contributed by atoms with Gasteiger partial charge in [-0.1, -0.05) is 53.5 Å². The zero-order chi connectivity index (χ0) is 23.7. The van der Waals surface area contributed by atoms with E-state index in [1.54, 1.807) is 6.07 Å². The van der Waals surface area contributed by atoms with E-state index in [1.165, 1.54) is 12.8 Å². The quantitative estimate of drug-likeness (QED) is 0.266. The van der Waals surface area contributed by atoms with Crippen LogP contribution >= 0.6 is 23.2 Å². The summed E-state index contributed by atoms with van der Waals surface area (Å²) >= 11 is 13.5. The summed E-state index contributed by atoms with van der Waals surface area (Å²) in [6.07, 6.45) is 2.50. The minimum absolute atomic E-state index is 0.104. The maximum absolute atomic E-state index is 10.2. The molecule has 1 atom stereocenters. The number of hydrogen-bond acceptors (Lipinski definition) is 4. The monoisotopic (exact) mass is 496 g/mol. The van der Waals surface area contributed by atoms with E-state index in [1.807, 2.05) is 55.5 Å². The average molecular weight is 497 g/mol. The number of hydrogen-bond donors (Lipinski definition) is 2. The average Bonchev–Trinajstić information content (AvgIpc) is 3.58. The van der Waals surface area contributed by atoms with Gasteiger partial charge < -0.3 is 19.6 Å². The molecule has 0 bridgehead atoms. The van der Waals surface area contributed by atoms with Gasteiger partial charge in [0.05, 0.1) is 46.8 Å². The molecule has 0 spiro atoms. The van der Waals surface area contributed by atoms with E-state index in [0.717, 1.165) is 23.5 Å². The highest BCUT2D eigenvalue weighted by atomic mass is 35.5. The molecule has 5 rings (SSSR count). The van der Waals surface area contributed by atoms with Crippen molar-refractivity contribution in [3.05, 3.63) is 76.0 Å². The number of ether oxygens (including phenoxy) is 2. The first kappa shape index (κ1) is 23.0. The largest absolute Gasteiger partial charge is 0.493 e. The van der Waals surface area contributed by atoms with Crippen molar-refractivity contribution in [3.8, 4) is 22.6 Å². The molecule has 1 unspecified atom stereocenters. The number of aromatic amines is 1. The highest BCUT2D eigenvalue weighted by Gasteiger charge is 2.23. The van der Waals surface area contributed by atoms with Crippen LogP contribution in [-0.4, -0.2) is 34.9 Å². The molecule has 176 valence electrons. The Morgan fingerprint density at radius 1 is 1.09 bits per heavy atom. The Bertz CT molecular complexity index is 1300.